The fourth-order valence-corrected chi connectivity index (χ4v) is 3.69. The molecule has 0 aliphatic carbocycles. The van der Waals surface area contributed by atoms with Crippen LogP contribution in [0.1, 0.15) is 64.6 Å². The summed E-state index contributed by atoms with van der Waals surface area (Å²) >= 11 is 0. The Balaban J connectivity index is 2.38. The van der Waals surface area contributed by atoms with Crippen molar-refractivity contribution in [1.82, 2.24) is 10.2 Å². The van der Waals surface area contributed by atoms with Crippen LogP contribution in [0.3, 0.4) is 0 Å². The van der Waals surface area contributed by atoms with Gasteiger partial charge in [-0.25, -0.2) is 4.79 Å². The summed E-state index contributed by atoms with van der Waals surface area (Å²) in [6, 6.07) is 15.6. The number of hydrogen-bond donors (Lipinski definition) is 2. The Morgan fingerprint density at radius 1 is 1.03 bits per heavy atom. The fourth-order valence-electron chi connectivity index (χ4n) is 3.69. The molecule has 2 aromatic rings. The minimum atomic E-state index is -0.518. The quantitative estimate of drug-likeness (QED) is 0.472. The van der Waals surface area contributed by atoms with Crippen LogP contribution in [0.4, 0.5) is 16.2 Å². The van der Waals surface area contributed by atoms with E-state index in [-0.39, 0.29) is 18.0 Å². The van der Waals surface area contributed by atoms with Gasteiger partial charge in [0.2, 0.25) is 5.91 Å². The summed E-state index contributed by atoms with van der Waals surface area (Å²) < 4.78 is 0. The maximum absolute atomic E-state index is 13.5. The van der Waals surface area contributed by atoms with Crippen molar-refractivity contribution in [3.8, 4) is 0 Å². The van der Waals surface area contributed by atoms with Crippen molar-refractivity contribution < 1.29 is 9.59 Å². The molecule has 0 saturated heterocycles. The molecule has 0 heterocycles. The number of rotatable bonds is 9. The highest BCUT2D eigenvalue weighted by Gasteiger charge is 2.31. The predicted molar refractivity (Wildman–Crippen MR) is 138 cm³/mol. The second-order valence-electron chi connectivity index (χ2n) is 9.74. The molecule has 0 unspecified atom stereocenters. The molecular weight excluding hydrogens is 412 g/mol. The van der Waals surface area contributed by atoms with Gasteiger partial charge in [0.15, 0.2) is 0 Å². The van der Waals surface area contributed by atoms with Gasteiger partial charge < -0.3 is 20.4 Å². The zero-order chi connectivity index (χ0) is 24.6. The average Bonchev–Trinajstić information content (AvgIpc) is 2.76. The van der Waals surface area contributed by atoms with Gasteiger partial charge >= 0.3 is 6.03 Å². The van der Waals surface area contributed by atoms with Crippen LogP contribution >= 0.6 is 0 Å². The maximum Gasteiger partial charge on any atom is 0.319 e. The lowest BCUT2D eigenvalue weighted by atomic mass is 9.92. The second-order valence-corrected chi connectivity index (χ2v) is 9.74. The molecule has 0 aliphatic rings. The highest BCUT2D eigenvalue weighted by Crippen LogP contribution is 2.32. The Kier molecular flexibility index (Phi) is 9.32. The number of unbranched alkanes of at least 4 members (excludes halogenated alkanes) is 1. The van der Waals surface area contributed by atoms with Gasteiger partial charge in [-0.2, -0.15) is 0 Å². The van der Waals surface area contributed by atoms with Gasteiger partial charge in [-0.1, -0.05) is 64.4 Å². The van der Waals surface area contributed by atoms with Crippen LogP contribution in [0, 0.1) is 5.41 Å². The molecule has 0 radical (unpaired) electrons. The van der Waals surface area contributed by atoms with Crippen molar-refractivity contribution in [3.05, 3.63) is 59.7 Å². The SMILES string of the molecule is CCCCNC(=O)Nc1ccc(N(C)C)c(CN(C(=O)C(C)(C)C)[C@H](C)c2ccccc2)c1. The third kappa shape index (κ3) is 7.52. The summed E-state index contributed by atoms with van der Waals surface area (Å²) in [6.45, 7) is 11.1. The summed E-state index contributed by atoms with van der Waals surface area (Å²) in [6.07, 6.45) is 1.97. The van der Waals surface area contributed by atoms with Gasteiger partial charge in [0.25, 0.3) is 0 Å². The standard InChI is InChI=1S/C27H40N4O2/c1-8-9-17-28-26(33)29-23-15-16-24(30(6)7)22(18-23)19-31(25(32)27(3,4)5)20(2)21-13-11-10-12-14-21/h10-16,18,20H,8-9,17,19H2,1-7H3,(H2,28,29,33)/t20-/m1/s1. The number of nitrogens with zero attached hydrogens (tertiary/aromatic N) is 2. The average molecular weight is 453 g/mol. The van der Waals surface area contributed by atoms with Crippen molar-refractivity contribution >= 4 is 23.3 Å². The number of anilines is 2. The molecule has 2 rings (SSSR count). The van der Waals surface area contributed by atoms with Crippen LogP contribution in [0.5, 0.6) is 0 Å². The molecule has 180 valence electrons. The molecular formula is C27H40N4O2. The molecule has 0 spiro atoms. The topological polar surface area (TPSA) is 64.7 Å². The normalized spacial score (nSPS) is 12.1. The van der Waals surface area contributed by atoms with Crippen LogP contribution < -0.4 is 15.5 Å². The third-order valence-electron chi connectivity index (χ3n) is 5.63. The maximum atomic E-state index is 13.5. The van der Waals surface area contributed by atoms with Gasteiger partial charge in [-0.05, 0) is 42.7 Å². The molecule has 0 saturated carbocycles. The summed E-state index contributed by atoms with van der Waals surface area (Å²) in [4.78, 5) is 29.8. The van der Waals surface area contributed by atoms with Gasteiger partial charge in [0.1, 0.15) is 0 Å². The number of carbonyl (C=O) groups excluding carboxylic acids is 2. The number of benzene rings is 2. The molecule has 2 aromatic carbocycles. The van der Waals surface area contributed by atoms with Crippen molar-refractivity contribution in [2.45, 2.75) is 60.0 Å². The van der Waals surface area contributed by atoms with Crippen LogP contribution in [0.25, 0.3) is 0 Å². The number of hydrogen-bond acceptors (Lipinski definition) is 3. The van der Waals surface area contributed by atoms with Crippen molar-refractivity contribution in [2.75, 3.05) is 30.9 Å². The highest BCUT2D eigenvalue weighted by atomic mass is 16.2. The number of carbonyl (C=O) groups is 2. The lowest BCUT2D eigenvalue weighted by Gasteiger charge is -2.35. The van der Waals surface area contributed by atoms with Crippen LogP contribution in [-0.2, 0) is 11.3 Å². The first kappa shape index (κ1) is 26.2. The van der Waals surface area contributed by atoms with Crippen LogP contribution in [0.2, 0.25) is 0 Å². The van der Waals surface area contributed by atoms with Gasteiger partial charge in [-0.15, -0.1) is 0 Å². The summed E-state index contributed by atoms with van der Waals surface area (Å²) in [5.41, 5.74) is 3.27. The molecule has 0 fully saturated rings. The molecule has 0 bridgehead atoms. The summed E-state index contributed by atoms with van der Waals surface area (Å²) in [5, 5.41) is 5.81. The van der Waals surface area contributed by atoms with Crippen LogP contribution in [-0.4, -0.2) is 37.5 Å². The summed E-state index contributed by atoms with van der Waals surface area (Å²) in [7, 11) is 3.97. The van der Waals surface area contributed by atoms with Gasteiger partial charge in [-0.3, -0.25) is 4.79 Å². The zero-order valence-corrected chi connectivity index (χ0v) is 21.2. The van der Waals surface area contributed by atoms with E-state index in [9.17, 15) is 9.59 Å². The molecule has 6 heteroatoms. The number of urea groups is 1. The summed E-state index contributed by atoms with van der Waals surface area (Å²) in [5.74, 6) is 0.0826. The smallest absolute Gasteiger partial charge is 0.319 e. The minimum Gasteiger partial charge on any atom is -0.377 e. The molecule has 0 aliphatic heterocycles. The van der Waals surface area contributed by atoms with E-state index in [0.29, 0.717) is 18.8 Å². The molecule has 33 heavy (non-hydrogen) atoms. The lowest BCUT2D eigenvalue weighted by molar-refractivity contribution is -0.142. The van der Waals surface area contributed by atoms with E-state index in [2.05, 4.69) is 36.6 Å². The van der Waals surface area contributed by atoms with Gasteiger partial charge in [0, 0.05) is 44.0 Å². The molecule has 0 aromatic heterocycles. The first-order valence-corrected chi connectivity index (χ1v) is 11.8. The Hall–Kier alpha value is -3.02. The lowest BCUT2D eigenvalue weighted by Crippen LogP contribution is -2.41. The first-order chi connectivity index (χ1) is 15.5. The molecule has 1 atom stereocenters. The molecule has 2 N–H and O–H groups in total. The largest absolute Gasteiger partial charge is 0.377 e. The Labute approximate surface area is 199 Å². The van der Waals surface area contributed by atoms with Crippen molar-refractivity contribution in [2.24, 2.45) is 5.41 Å². The van der Waals surface area contributed by atoms with Gasteiger partial charge in [0.05, 0.1) is 6.04 Å². The number of nitrogens with one attached hydrogen (secondary N) is 2. The van der Waals surface area contributed by atoms with Crippen molar-refractivity contribution in [1.29, 1.82) is 0 Å². The second kappa shape index (κ2) is 11.7. The first-order valence-electron chi connectivity index (χ1n) is 11.8. The molecule has 3 amide bonds. The fraction of sp³-hybridized carbons (Fsp3) is 0.481. The minimum absolute atomic E-state index is 0.0826. The van der Waals surface area contributed by atoms with E-state index in [0.717, 1.165) is 29.7 Å². The van der Waals surface area contributed by atoms with E-state index >= 15 is 0 Å². The Bertz CT molecular complexity index is 919. The Morgan fingerprint density at radius 3 is 2.27 bits per heavy atom. The van der Waals surface area contributed by atoms with E-state index in [1.165, 1.54) is 0 Å². The number of amides is 3. The third-order valence-corrected chi connectivity index (χ3v) is 5.63. The Morgan fingerprint density at radius 2 is 1.70 bits per heavy atom. The van der Waals surface area contributed by atoms with E-state index in [1.807, 2.05) is 81.1 Å². The zero-order valence-electron chi connectivity index (χ0n) is 21.2. The van der Waals surface area contributed by atoms with E-state index in [1.54, 1.807) is 0 Å². The van der Waals surface area contributed by atoms with Crippen LogP contribution in [0.15, 0.2) is 48.5 Å². The van der Waals surface area contributed by atoms with E-state index < -0.39 is 5.41 Å². The monoisotopic (exact) mass is 452 g/mol. The van der Waals surface area contributed by atoms with Crippen molar-refractivity contribution in [3.63, 3.8) is 0 Å². The predicted octanol–water partition coefficient (Wildman–Crippen LogP) is 5.81. The van der Waals surface area contributed by atoms with E-state index in [4.69, 9.17) is 0 Å². The highest BCUT2D eigenvalue weighted by molar-refractivity contribution is 5.89. The molecule has 6 nitrogen and oxygen atoms in total.